The maximum absolute atomic E-state index is 11.7. The van der Waals surface area contributed by atoms with Crippen LogP contribution >= 0.6 is 0 Å². The van der Waals surface area contributed by atoms with E-state index in [-0.39, 0.29) is 12.2 Å². The Morgan fingerprint density at radius 2 is 2.25 bits per heavy atom. The second-order valence-electron chi connectivity index (χ2n) is 4.57. The predicted octanol–water partition coefficient (Wildman–Crippen LogP) is 0.542. The van der Waals surface area contributed by atoms with Crippen LogP contribution in [-0.4, -0.2) is 42.4 Å². The lowest BCUT2D eigenvalue weighted by Crippen LogP contribution is -2.47. The Morgan fingerprint density at radius 3 is 2.81 bits per heavy atom. The summed E-state index contributed by atoms with van der Waals surface area (Å²) >= 11 is 0. The summed E-state index contributed by atoms with van der Waals surface area (Å²) in [7, 11) is 0. The van der Waals surface area contributed by atoms with Gasteiger partial charge in [-0.05, 0) is 26.7 Å². The molecule has 0 aliphatic carbocycles. The van der Waals surface area contributed by atoms with Crippen LogP contribution in [0.4, 0.5) is 4.79 Å². The fraction of sp³-hybridized carbons (Fsp3) is 0.727. The molecular weight excluding hydrogens is 208 g/mol. The second-order valence-corrected chi connectivity index (χ2v) is 4.57. The quantitative estimate of drug-likeness (QED) is 0.483. The van der Waals surface area contributed by atoms with E-state index in [1.807, 2.05) is 20.8 Å². The molecule has 1 rings (SSSR count). The molecule has 1 heterocycles. The number of morpholine rings is 1. The highest BCUT2D eigenvalue weighted by molar-refractivity contribution is 5.68. The van der Waals surface area contributed by atoms with E-state index in [0.717, 1.165) is 0 Å². The highest BCUT2D eigenvalue weighted by atomic mass is 16.6. The highest BCUT2D eigenvalue weighted by Crippen LogP contribution is 2.12. The van der Waals surface area contributed by atoms with Crippen molar-refractivity contribution in [3.8, 4) is 12.0 Å². The normalized spacial score (nSPS) is 20.9. The van der Waals surface area contributed by atoms with E-state index in [4.69, 9.17) is 15.2 Å². The second kappa shape index (κ2) is 5.08. The lowest BCUT2D eigenvalue weighted by atomic mass is 10.2. The molecule has 0 aromatic rings. The minimum atomic E-state index is -0.482. The van der Waals surface area contributed by atoms with Crippen molar-refractivity contribution in [1.82, 2.24) is 4.90 Å². The van der Waals surface area contributed by atoms with E-state index in [1.165, 1.54) is 0 Å². The largest absolute Gasteiger partial charge is 0.444 e. The molecule has 16 heavy (non-hydrogen) atoms. The Balaban J connectivity index is 2.52. The van der Waals surface area contributed by atoms with Crippen LogP contribution in [0.25, 0.3) is 0 Å². The average Bonchev–Trinajstić information content (AvgIpc) is 2.16. The Kier molecular flexibility index (Phi) is 4.02. The standard InChI is InChI=1S/C11H18N2O3/c1-11(2,3)16-10(14)13-6-7-15-9(8-13)4-5-12/h9H,6-8,12H2,1-3H3. The minimum absolute atomic E-state index is 0.314. The molecule has 0 aromatic heterocycles. The van der Waals surface area contributed by atoms with Gasteiger partial charge < -0.3 is 20.1 Å². The number of nitrogens with two attached hydrogens (primary N) is 1. The molecule has 1 unspecified atom stereocenters. The van der Waals surface area contributed by atoms with Crippen LogP contribution in [0.5, 0.6) is 0 Å². The zero-order valence-electron chi connectivity index (χ0n) is 9.95. The summed E-state index contributed by atoms with van der Waals surface area (Å²) in [5, 5.41) is 0. The lowest BCUT2D eigenvalue weighted by molar-refractivity contribution is -0.0237. The molecule has 5 heteroatoms. The van der Waals surface area contributed by atoms with E-state index in [0.29, 0.717) is 19.7 Å². The van der Waals surface area contributed by atoms with Crippen LogP contribution in [0.2, 0.25) is 0 Å². The third-order valence-corrected chi connectivity index (χ3v) is 1.96. The van der Waals surface area contributed by atoms with E-state index < -0.39 is 5.60 Å². The summed E-state index contributed by atoms with van der Waals surface area (Å²) in [6, 6.07) is 2.29. The number of carbonyl (C=O) groups is 1. The van der Waals surface area contributed by atoms with Gasteiger partial charge in [0.2, 0.25) is 0 Å². The smallest absolute Gasteiger partial charge is 0.410 e. The van der Waals surface area contributed by atoms with E-state index in [1.54, 1.807) is 4.90 Å². The van der Waals surface area contributed by atoms with Crippen LogP contribution in [0, 0.1) is 12.0 Å². The number of carbonyl (C=O) groups excluding carboxylic acids is 1. The summed E-state index contributed by atoms with van der Waals surface area (Å²) in [6.45, 7) is 6.89. The third kappa shape index (κ3) is 3.99. The first-order valence-corrected chi connectivity index (χ1v) is 5.23. The van der Waals surface area contributed by atoms with Crippen LogP contribution in [0.1, 0.15) is 20.8 Å². The maximum Gasteiger partial charge on any atom is 0.410 e. The SMILES string of the molecule is CC(C)(C)OC(=O)N1CCOC(C#CN)C1. The summed E-state index contributed by atoms with van der Waals surface area (Å²) in [5.74, 6) is 2.69. The molecule has 0 saturated carbocycles. The van der Waals surface area contributed by atoms with Gasteiger partial charge in [0, 0.05) is 12.6 Å². The Morgan fingerprint density at radius 1 is 1.56 bits per heavy atom. The zero-order chi connectivity index (χ0) is 12.2. The van der Waals surface area contributed by atoms with Gasteiger partial charge in [0.15, 0.2) is 0 Å². The molecule has 0 bridgehead atoms. The molecule has 1 aliphatic rings. The highest BCUT2D eigenvalue weighted by Gasteiger charge is 2.27. The number of ether oxygens (including phenoxy) is 2. The summed E-state index contributed by atoms with van der Waals surface area (Å²) in [6.07, 6.45) is -0.647. The number of hydrogen-bond donors (Lipinski definition) is 1. The van der Waals surface area contributed by atoms with Crippen molar-refractivity contribution in [2.75, 3.05) is 19.7 Å². The molecule has 1 aliphatic heterocycles. The van der Waals surface area contributed by atoms with Gasteiger partial charge >= 0.3 is 6.09 Å². The predicted molar refractivity (Wildman–Crippen MR) is 59.5 cm³/mol. The molecule has 5 nitrogen and oxygen atoms in total. The Bertz CT molecular complexity index is 311. The minimum Gasteiger partial charge on any atom is -0.444 e. The van der Waals surface area contributed by atoms with E-state index in [9.17, 15) is 4.79 Å². The molecule has 1 amide bonds. The molecule has 90 valence electrons. The summed E-state index contributed by atoms with van der Waals surface area (Å²) in [4.78, 5) is 13.3. The third-order valence-electron chi connectivity index (χ3n) is 1.96. The van der Waals surface area contributed by atoms with Crippen molar-refractivity contribution in [2.45, 2.75) is 32.5 Å². The van der Waals surface area contributed by atoms with Gasteiger partial charge in [-0.25, -0.2) is 4.79 Å². The number of hydrogen-bond acceptors (Lipinski definition) is 4. The van der Waals surface area contributed by atoms with Gasteiger partial charge in [0.25, 0.3) is 0 Å². The number of rotatable bonds is 0. The zero-order valence-corrected chi connectivity index (χ0v) is 9.95. The summed E-state index contributed by atoms with van der Waals surface area (Å²) < 4.78 is 10.6. The molecule has 0 spiro atoms. The molecule has 0 aromatic carbocycles. The average molecular weight is 226 g/mol. The van der Waals surface area contributed by atoms with Gasteiger partial charge in [-0.15, -0.1) is 0 Å². The van der Waals surface area contributed by atoms with Crippen molar-refractivity contribution in [3.63, 3.8) is 0 Å². The van der Waals surface area contributed by atoms with Gasteiger partial charge in [0.05, 0.1) is 13.2 Å². The van der Waals surface area contributed by atoms with Gasteiger partial charge in [-0.2, -0.15) is 0 Å². The Hall–Kier alpha value is -1.41. The monoisotopic (exact) mass is 226 g/mol. The maximum atomic E-state index is 11.7. The fourth-order valence-electron chi connectivity index (χ4n) is 1.32. The van der Waals surface area contributed by atoms with E-state index in [2.05, 4.69) is 12.0 Å². The van der Waals surface area contributed by atoms with Crippen LogP contribution < -0.4 is 5.73 Å². The number of nitrogens with zero attached hydrogens (tertiary/aromatic N) is 1. The van der Waals surface area contributed by atoms with Crippen LogP contribution in [0.15, 0.2) is 0 Å². The molecule has 0 radical (unpaired) electrons. The van der Waals surface area contributed by atoms with Crippen LogP contribution in [-0.2, 0) is 9.47 Å². The van der Waals surface area contributed by atoms with Gasteiger partial charge in [-0.3, -0.25) is 0 Å². The Labute approximate surface area is 95.9 Å². The molecule has 1 saturated heterocycles. The van der Waals surface area contributed by atoms with Crippen molar-refractivity contribution in [3.05, 3.63) is 0 Å². The number of amides is 1. The van der Waals surface area contributed by atoms with Crippen molar-refractivity contribution >= 4 is 6.09 Å². The van der Waals surface area contributed by atoms with Gasteiger partial charge in [0.1, 0.15) is 11.7 Å². The molecule has 2 N–H and O–H groups in total. The lowest BCUT2D eigenvalue weighted by Gasteiger charge is -2.32. The molecule has 1 fully saturated rings. The molecule has 1 atom stereocenters. The fourth-order valence-corrected chi connectivity index (χ4v) is 1.32. The first kappa shape index (κ1) is 12.7. The van der Waals surface area contributed by atoms with Crippen molar-refractivity contribution in [1.29, 1.82) is 0 Å². The van der Waals surface area contributed by atoms with Gasteiger partial charge in [-0.1, -0.05) is 0 Å². The van der Waals surface area contributed by atoms with Crippen molar-refractivity contribution in [2.24, 2.45) is 5.73 Å². The van der Waals surface area contributed by atoms with E-state index >= 15 is 0 Å². The first-order chi connectivity index (χ1) is 7.42. The first-order valence-electron chi connectivity index (χ1n) is 5.23. The molecular formula is C11H18N2O3. The van der Waals surface area contributed by atoms with Crippen LogP contribution in [0.3, 0.4) is 0 Å². The van der Waals surface area contributed by atoms with Crippen molar-refractivity contribution < 1.29 is 14.3 Å². The topological polar surface area (TPSA) is 64.8 Å². The summed E-state index contributed by atoms with van der Waals surface area (Å²) in [5.41, 5.74) is 4.63.